The quantitative estimate of drug-likeness (QED) is 0.612. The molecule has 3 aromatic rings. The Kier molecular flexibility index (Phi) is 3.42. The number of hydrogen-bond acceptors (Lipinski definition) is 5. The molecule has 3 rings (SSSR count). The fraction of sp³-hybridized carbons (Fsp3) is 0.312. The third-order valence-electron chi connectivity index (χ3n) is 2.97. The Morgan fingerprint density at radius 3 is 2.76 bits per heavy atom. The van der Waals surface area contributed by atoms with Gasteiger partial charge in [-0.3, -0.25) is 0 Å². The molecule has 0 amide bonds. The molecule has 3 nitrogen and oxygen atoms in total. The number of ether oxygens (including phenoxy) is 1. The van der Waals surface area contributed by atoms with E-state index in [1.807, 2.05) is 40.0 Å². The molecule has 0 saturated heterocycles. The van der Waals surface area contributed by atoms with E-state index in [4.69, 9.17) is 17.0 Å². The Bertz CT molecular complexity index is 846. The molecule has 0 N–H and O–H groups in total. The highest BCUT2D eigenvalue weighted by molar-refractivity contribution is 7.80. The molecule has 0 aliphatic rings. The second kappa shape index (κ2) is 5.00. The Morgan fingerprint density at radius 2 is 2.05 bits per heavy atom. The average molecular weight is 316 g/mol. The van der Waals surface area contributed by atoms with Gasteiger partial charge in [0.05, 0.1) is 10.4 Å². The number of aryl methyl sites for hydroxylation is 1. The van der Waals surface area contributed by atoms with Crippen LogP contribution in [0.25, 0.3) is 21.0 Å². The summed E-state index contributed by atoms with van der Waals surface area (Å²) < 4.78 is 6.96. The largest absolute Gasteiger partial charge is 0.477 e. The fourth-order valence-electron chi connectivity index (χ4n) is 2.13. The van der Waals surface area contributed by atoms with Gasteiger partial charge in [-0.25, -0.2) is 9.97 Å². The number of thiocarbonyl (C=S) groups is 1. The number of nitrogens with zero attached hydrogens (tertiary/aromatic N) is 2. The highest BCUT2D eigenvalue weighted by atomic mass is 32.1. The molecule has 0 aliphatic carbocycles. The van der Waals surface area contributed by atoms with E-state index in [9.17, 15) is 0 Å². The summed E-state index contributed by atoms with van der Waals surface area (Å²) in [6.07, 6.45) is 1.86. The van der Waals surface area contributed by atoms with E-state index in [0.29, 0.717) is 5.05 Å². The van der Waals surface area contributed by atoms with Crippen molar-refractivity contribution < 1.29 is 4.74 Å². The lowest BCUT2D eigenvalue weighted by Gasteiger charge is -2.20. The van der Waals surface area contributed by atoms with Crippen LogP contribution in [-0.4, -0.2) is 20.6 Å². The summed E-state index contributed by atoms with van der Waals surface area (Å²) in [6, 6.07) is 6.21. The molecule has 0 spiro atoms. The van der Waals surface area contributed by atoms with Crippen molar-refractivity contribution in [2.24, 2.45) is 0 Å². The molecule has 5 heteroatoms. The second-order valence-electron chi connectivity index (χ2n) is 5.94. The van der Waals surface area contributed by atoms with Gasteiger partial charge in [0.15, 0.2) is 0 Å². The minimum Gasteiger partial charge on any atom is -0.477 e. The van der Waals surface area contributed by atoms with Crippen LogP contribution in [-0.2, 0) is 4.74 Å². The summed E-state index contributed by atoms with van der Waals surface area (Å²) in [5.74, 6) is 0.774. The predicted octanol–water partition coefficient (Wildman–Crippen LogP) is 4.64. The number of rotatable bonds is 1. The molecule has 108 valence electrons. The number of thiophene rings is 1. The third-order valence-corrected chi connectivity index (χ3v) is 4.50. The average Bonchev–Trinajstić information content (AvgIpc) is 2.81. The lowest BCUT2D eigenvalue weighted by molar-refractivity contribution is 0.123. The summed E-state index contributed by atoms with van der Waals surface area (Å²) >= 11 is 7.05. The van der Waals surface area contributed by atoms with Gasteiger partial charge < -0.3 is 4.74 Å². The van der Waals surface area contributed by atoms with E-state index >= 15 is 0 Å². The van der Waals surface area contributed by atoms with Gasteiger partial charge in [-0.15, -0.1) is 11.3 Å². The van der Waals surface area contributed by atoms with Crippen molar-refractivity contribution in [2.45, 2.75) is 33.3 Å². The van der Waals surface area contributed by atoms with E-state index in [-0.39, 0.29) is 5.60 Å². The summed E-state index contributed by atoms with van der Waals surface area (Å²) in [4.78, 5) is 9.78. The van der Waals surface area contributed by atoms with Crippen LogP contribution < -0.4 is 0 Å². The van der Waals surface area contributed by atoms with E-state index in [0.717, 1.165) is 31.7 Å². The normalized spacial score (nSPS) is 12.0. The maximum Gasteiger partial charge on any atom is 0.201 e. The first-order valence-electron chi connectivity index (χ1n) is 6.73. The molecule has 21 heavy (non-hydrogen) atoms. The van der Waals surface area contributed by atoms with Crippen LogP contribution in [0.3, 0.4) is 0 Å². The molecule has 0 radical (unpaired) electrons. The molecule has 0 unspecified atom stereocenters. The van der Waals surface area contributed by atoms with Gasteiger partial charge in [0.25, 0.3) is 0 Å². The molecule has 1 aromatic carbocycles. The van der Waals surface area contributed by atoms with Crippen molar-refractivity contribution >= 4 is 49.6 Å². The number of fused-ring (bicyclic) bond motifs is 3. The fourth-order valence-corrected chi connectivity index (χ4v) is 3.50. The van der Waals surface area contributed by atoms with Gasteiger partial charge in [-0.1, -0.05) is 0 Å². The van der Waals surface area contributed by atoms with Gasteiger partial charge in [-0.05, 0) is 58.1 Å². The number of hydrogen-bond donors (Lipinski definition) is 0. The van der Waals surface area contributed by atoms with Gasteiger partial charge in [0.1, 0.15) is 11.4 Å². The van der Waals surface area contributed by atoms with Gasteiger partial charge in [0, 0.05) is 21.7 Å². The van der Waals surface area contributed by atoms with Crippen LogP contribution in [0, 0.1) is 6.92 Å². The molecule has 0 atom stereocenters. The van der Waals surface area contributed by atoms with E-state index in [1.165, 1.54) is 0 Å². The second-order valence-corrected chi connectivity index (χ2v) is 7.40. The first-order valence-corrected chi connectivity index (χ1v) is 7.95. The topological polar surface area (TPSA) is 35.0 Å². The maximum atomic E-state index is 5.80. The van der Waals surface area contributed by atoms with Crippen molar-refractivity contribution in [1.29, 1.82) is 0 Å². The lowest BCUT2D eigenvalue weighted by Crippen LogP contribution is -2.22. The Balaban J connectivity index is 2.13. The molecule has 0 fully saturated rings. The number of aromatic nitrogens is 2. The summed E-state index contributed by atoms with van der Waals surface area (Å²) in [6.45, 7) is 7.90. The van der Waals surface area contributed by atoms with Crippen molar-refractivity contribution in [3.8, 4) is 0 Å². The van der Waals surface area contributed by atoms with Crippen LogP contribution >= 0.6 is 23.6 Å². The molecule has 0 bridgehead atoms. The third kappa shape index (κ3) is 2.89. The summed E-state index contributed by atoms with van der Waals surface area (Å²) in [5.41, 5.74) is 0.690. The zero-order chi connectivity index (χ0) is 15.2. The van der Waals surface area contributed by atoms with Crippen LogP contribution in [0.15, 0.2) is 24.4 Å². The monoisotopic (exact) mass is 316 g/mol. The van der Waals surface area contributed by atoms with Crippen molar-refractivity contribution in [3.63, 3.8) is 0 Å². The van der Waals surface area contributed by atoms with Gasteiger partial charge in [-0.2, -0.15) is 0 Å². The Hall–Kier alpha value is -1.59. The molecular formula is C16H16N2OS2. The Labute approximate surface area is 133 Å². The SMILES string of the molecule is Cc1ncc2ccc3sc(C(=S)OC(C)(C)C)cc3c2n1. The van der Waals surface area contributed by atoms with Crippen molar-refractivity contribution in [3.05, 3.63) is 35.1 Å². The molecule has 0 saturated carbocycles. The minimum absolute atomic E-state index is 0.284. The predicted molar refractivity (Wildman–Crippen MR) is 92.2 cm³/mol. The molecular weight excluding hydrogens is 300 g/mol. The van der Waals surface area contributed by atoms with Crippen LogP contribution in [0.2, 0.25) is 0 Å². The highest BCUT2D eigenvalue weighted by Gasteiger charge is 2.17. The highest BCUT2D eigenvalue weighted by Crippen LogP contribution is 2.32. The molecule has 0 aliphatic heterocycles. The zero-order valence-electron chi connectivity index (χ0n) is 12.4. The first kappa shape index (κ1) is 14.4. The maximum absolute atomic E-state index is 5.80. The summed E-state index contributed by atoms with van der Waals surface area (Å²) in [7, 11) is 0. The first-order chi connectivity index (χ1) is 9.83. The van der Waals surface area contributed by atoms with Crippen molar-refractivity contribution in [1.82, 2.24) is 9.97 Å². The smallest absolute Gasteiger partial charge is 0.201 e. The standard InChI is InChI=1S/C16H16N2OS2/c1-9-17-8-10-5-6-12-11(14(10)18-9)7-13(21-12)15(20)19-16(2,3)4/h5-8H,1-4H3. The van der Waals surface area contributed by atoms with Crippen LogP contribution in [0.5, 0.6) is 0 Å². The van der Waals surface area contributed by atoms with Crippen molar-refractivity contribution in [2.75, 3.05) is 0 Å². The summed E-state index contributed by atoms with van der Waals surface area (Å²) in [5, 5.41) is 2.69. The Morgan fingerprint density at radius 1 is 1.29 bits per heavy atom. The van der Waals surface area contributed by atoms with E-state index < -0.39 is 0 Å². The van der Waals surface area contributed by atoms with Gasteiger partial charge >= 0.3 is 0 Å². The van der Waals surface area contributed by atoms with Gasteiger partial charge in [0.2, 0.25) is 5.05 Å². The molecule has 2 heterocycles. The molecule has 2 aromatic heterocycles. The van der Waals surface area contributed by atoms with E-state index in [1.54, 1.807) is 11.3 Å². The van der Waals surface area contributed by atoms with E-state index in [2.05, 4.69) is 22.1 Å². The van der Waals surface area contributed by atoms with Crippen LogP contribution in [0.1, 0.15) is 31.5 Å². The van der Waals surface area contributed by atoms with Crippen LogP contribution in [0.4, 0.5) is 0 Å². The minimum atomic E-state index is -0.284. The number of benzene rings is 1. The zero-order valence-corrected chi connectivity index (χ0v) is 14.1. The lowest BCUT2D eigenvalue weighted by atomic mass is 10.1.